The maximum atomic E-state index is 10.8. The van der Waals surface area contributed by atoms with Crippen molar-refractivity contribution in [2.75, 3.05) is 39.6 Å². The van der Waals surface area contributed by atoms with E-state index >= 15 is 0 Å². The molecule has 0 saturated carbocycles. The molecule has 0 bridgehead atoms. The second-order valence-corrected chi connectivity index (χ2v) is 11.0. The molecule has 45 heavy (non-hydrogen) atoms. The van der Waals surface area contributed by atoms with Crippen LogP contribution in [0.2, 0.25) is 0 Å². The molecule has 0 aromatic heterocycles. The Bertz CT molecular complexity index is 884. The average Bonchev–Trinajstić information content (AvgIpc) is 3.28. The fourth-order valence-electron chi connectivity index (χ4n) is 5.08. The van der Waals surface area contributed by atoms with Crippen LogP contribution in [0.5, 0.6) is 0 Å². The lowest BCUT2D eigenvalue weighted by Crippen LogP contribution is -2.60. The number of aliphatic hydroxyl groups is 15. The van der Waals surface area contributed by atoms with Crippen molar-refractivity contribution < 1.29 is 105 Å². The summed E-state index contributed by atoms with van der Waals surface area (Å²) in [5.41, 5.74) is 0. The van der Waals surface area contributed by atoms with Crippen LogP contribution in [-0.2, 0) is 28.4 Å². The van der Waals surface area contributed by atoms with Gasteiger partial charge in [0, 0.05) is 0 Å². The fraction of sp³-hybridized carbons (Fsp3) is 1.00. The molecule has 0 aromatic carbocycles. The van der Waals surface area contributed by atoms with E-state index in [1.165, 1.54) is 0 Å². The Morgan fingerprint density at radius 3 is 1.58 bits per heavy atom. The Morgan fingerprint density at radius 2 is 1.11 bits per heavy atom. The Hall–Kier alpha value is -0.840. The van der Waals surface area contributed by atoms with Gasteiger partial charge in [0.2, 0.25) is 5.79 Å². The quantitative estimate of drug-likeness (QED) is 0.0770. The summed E-state index contributed by atoms with van der Waals surface area (Å²) in [6.45, 7) is -5.52. The number of rotatable bonds is 15. The molecular weight excluding hydrogens is 624 g/mol. The van der Waals surface area contributed by atoms with Gasteiger partial charge in [-0.25, -0.2) is 0 Å². The molecule has 0 spiro atoms. The molecule has 21 heteroatoms. The predicted octanol–water partition coefficient (Wildman–Crippen LogP) is -10.1. The molecule has 3 aliphatic heterocycles. The monoisotopic (exact) mass is 668 g/mol. The van der Waals surface area contributed by atoms with Gasteiger partial charge in [-0.05, 0) is 0 Å². The third-order valence-corrected chi connectivity index (χ3v) is 7.91. The first kappa shape index (κ1) is 38.6. The topological polar surface area (TPSA) is 359 Å². The van der Waals surface area contributed by atoms with Crippen molar-refractivity contribution in [1.82, 2.24) is 0 Å². The van der Waals surface area contributed by atoms with Crippen LogP contribution < -0.4 is 0 Å². The summed E-state index contributed by atoms with van der Waals surface area (Å²) in [6, 6.07) is 0. The molecule has 0 radical (unpaired) electrons. The van der Waals surface area contributed by atoms with E-state index in [-0.39, 0.29) is 0 Å². The predicted molar refractivity (Wildman–Crippen MR) is 136 cm³/mol. The second kappa shape index (κ2) is 16.5. The molecule has 6 unspecified atom stereocenters. The van der Waals surface area contributed by atoms with Gasteiger partial charge in [-0.15, -0.1) is 0 Å². The van der Waals surface area contributed by atoms with E-state index in [2.05, 4.69) is 0 Å². The maximum absolute atomic E-state index is 10.8. The Balaban J connectivity index is 1.68. The van der Waals surface area contributed by atoms with Gasteiger partial charge in [-0.1, -0.05) is 0 Å². The summed E-state index contributed by atoms with van der Waals surface area (Å²) in [7, 11) is 0. The lowest BCUT2D eigenvalue weighted by atomic mass is 9.99. The van der Waals surface area contributed by atoms with Crippen molar-refractivity contribution in [2.45, 2.75) is 110 Å². The van der Waals surface area contributed by atoms with Gasteiger partial charge in [-0.3, -0.25) is 0 Å². The number of hydrogen-bond donors (Lipinski definition) is 15. The van der Waals surface area contributed by atoms with E-state index in [1.54, 1.807) is 0 Å². The molecule has 0 aliphatic carbocycles. The van der Waals surface area contributed by atoms with Gasteiger partial charge in [0.25, 0.3) is 0 Å². The minimum Gasteiger partial charge on any atom is -0.394 e. The molecule has 15 N–H and O–H groups in total. The Morgan fingerprint density at radius 1 is 0.600 bits per heavy atom. The lowest BCUT2D eigenvalue weighted by molar-refractivity contribution is -0.333. The van der Waals surface area contributed by atoms with Crippen LogP contribution in [0.15, 0.2) is 0 Å². The molecule has 266 valence electrons. The van der Waals surface area contributed by atoms with Gasteiger partial charge in [0.15, 0.2) is 12.6 Å². The third kappa shape index (κ3) is 8.25. The molecule has 3 saturated heterocycles. The van der Waals surface area contributed by atoms with Crippen molar-refractivity contribution in [1.29, 1.82) is 0 Å². The molecule has 3 heterocycles. The number of ether oxygens (including phenoxy) is 6. The largest absolute Gasteiger partial charge is 0.394 e. The van der Waals surface area contributed by atoms with E-state index in [1.807, 2.05) is 0 Å². The molecule has 3 aliphatic rings. The number of hydrogen-bond acceptors (Lipinski definition) is 21. The van der Waals surface area contributed by atoms with Crippen LogP contribution in [0.1, 0.15) is 0 Å². The molecule has 18 atom stereocenters. The van der Waals surface area contributed by atoms with E-state index in [9.17, 15) is 76.6 Å². The highest BCUT2D eigenvalue weighted by Crippen LogP contribution is 2.36. The molecule has 3 rings (SSSR count). The summed E-state index contributed by atoms with van der Waals surface area (Å²) in [6.07, 6.45) is -30.7. The summed E-state index contributed by atoms with van der Waals surface area (Å²) in [4.78, 5) is 0. The van der Waals surface area contributed by atoms with Crippen molar-refractivity contribution in [3.8, 4) is 0 Å². The van der Waals surface area contributed by atoms with Crippen LogP contribution in [-0.4, -0.2) is 226 Å². The van der Waals surface area contributed by atoms with Crippen molar-refractivity contribution in [3.63, 3.8) is 0 Å². The standard InChI is InChI=1S/C24H44O21/c25-1-7(29)20(12(31)8(30)4-40-22-18(37)16(35)13(32)9(2-26)42-22)45-24(6-28)21(39)15(34)11(44-24)5-41-23-19(38)17(36)14(33)10(3-27)43-23/h7-23,25-39H,1-6H2/t7?,8-,9?,10?,11-,12-,13-,14-,15+,16?,17+,18-,19?,20-,21?,22+,23+,24-/m1/s1. The highest BCUT2D eigenvalue weighted by Gasteiger charge is 2.58. The first-order valence-corrected chi connectivity index (χ1v) is 14.0. The highest BCUT2D eigenvalue weighted by molar-refractivity contribution is 4.99. The minimum absolute atomic E-state index is 0.725. The zero-order valence-electron chi connectivity index (χ0n) is 23.7. The van der Waals surface area contributed by atoms with Crippen LogP contribution in [0, 0.1) is 0 Å². The molecule has 3 fully saturated rings. The third-order valence-electron chi connectivity index (χ3n) is 7.91. The maximum Gasteiger partial charge on any atom is 0.222 e. The van der Waals surface area contributed by atoms with Gasteiger partial charge >= 0.3 is 0 Å². The highest BCUT2D eigenvalue weighted by atomic mass is 16.8. The van der Waals surface area contributed by atoms with E-state index in [0.717, 1.165) is 0 Å². The Labute approximate surface area is 255 Å². The fourth-order valence-corrected chi connectivity index (χ4v) is 5.08. The van der Waals surface area contributed by atoms with E-state index in [4.69, 9.17) is 28.4 Å². The molecule has 0 aromatic rings. The van der Waals surface area contributed by atoms with Crippen LogP contribution in [0.4, 0.5) is 0 Å². The van der Waals surface area contributed by atoms with Gasteiger partial charge < -0.3 is 105 Å². The van der Waals surface area contributed by atoms with Crippen LogP contribution >= 0.6 is 0 Å². The van der Waals surface area contributed by atoms with E-state index < -0.39 is 150 Å². The summed E-state index contributed by atoms with van der Waals surface area (Å²) < 4.78 is 31.7. The SMILES string of the molecule is OCC1O[C@H](OC[C@@H](O)[C@@H](O)[C@H](O[C@@]2(CO)O[C@H](CO[C@H]3OC(CO)[C@@H](O)[C@H](O)C3O)[C@H](O)C2O)C(O)CO)[C@H](O)C(O)[C@@H]1O. The first-order valence-electron chi connectivity index (χ1n) is 14.0. The van der Waals surface area contributed by atoms with Crippen molar-refractivity contribution in [2.24, 2.45) is 0 Å². The molecule has 0 amide bonds. The van der Waals surface area contributed by atoms with Crippen molar-refractivity contribution in [3.05, 3.63) is 0 Å². The summed E-state index contributed by atoms with van der Waals surface area (Å²) >= 11 is 0. The number of aliphatic hydroxyl groups excluding tert-OH is 15. The van der Waals surface area contributed by atoms with Gasteiger partial charge in [-0.2, -0.15) is 0 Å². The van der Waals surface area contributed by atoms with Gasteiger partial charge in [0.05, 0.1) is 33.0 Å². The Kier molecular flexibility index (Phi) is 14.2. The minimum atomic E-state index is -2.64. The normalized spacial score (nSPS) is 45.3. The van der Waals surface area contributed by atoms with Crippen molar-refractivity contribution >= 4 is 0 Å². The van der Waals surface area contributed by atoms with E-state index in [0.29, 0.717) is 0 Å². The molecule has 21 nitrogen and oxygen atoms in total. The van der Waals surface area contributed by atoms with Gasteiger partial charge in [0.1, 0.15) is 98.2 Å². The summed E-state index contributed by atoms with van der Waals surface area (Å²) in [5, 5.41) is 151. The molecular formula is C24H44O21. The lowest BCUT2D eigenvalue weighted by Gasteiger charge is -2.41. The average molecular weight is 669 g/mol. The zero-order chi connectivity index (χ0) is 33.8. The first-order chi connectivity index (χ1) is 21.2. The van der Waals surface area contributed by atoms with Crippen LogP contribution in [0.3, 0.4) is 0 Å². The summed E-state index contributed by atoms with van der Waals surface area (Å²) in [5.74, 6) is -2.64. The smallest absolute Gasteiger partial charge is 0.222 e. The van der Waals surface area contributed by atoms with Crippen LogP contribution in [0.25, 0.3) is 0 Å². The zero-order valence-corrected chi connectivity index (χ0v) is 23.7. The second-order valence-electron chi connectivity index (χ2n) is 11.0.